The van der Waals surface area contributed by atoms with Gasteiger partial charge in [-0.3, -0.25) is 0 Å². The fourth-order valence-electron chi connectivity index (χ4n) is 7.51. The van der Waals surface area contributed by atoms with Crippen molar-refractivity contribution in [3.8, 4) is 33.8 Å². The minimum absolute atomic E-state index is 0.432. The highest BCUT2D eigenvalue weighted by molar-refractivity contribution is 6.09. The molecule has 0 bridgehead atoms. The maximum absolute atomic E-state index is 5.24. The second kappa shape index (κ2) is 10.1. The molecule has 0 aliphatic heterocycles. The van der Waals surface area contributed by atoms with Crippen LogP contribution >= 0.6 is 0 Å². The molecule has 0 N–H and O–H groups in total. The Hall–Kier alpha value is -5.86. The predicted molar refractivity (Wildman–Crippen MR) is 185 cm³/mol. The lowest BCUT2D eigenvalue weighted by molar-refractivity contribution is 0.769. The van der Waals surface area contributed by atoms with Gasteiger partial charge in [0.25, 0.3) is 0 Å². The lowest BCUT2D eigenvalue weighted by Crippen LogP contribution is -2.28. The van der Waals surface area contributed by atoms with Crippen LogP contribution in [0.15, 0.2) is 170 Å². The highest BCUT2D eigenvalue weighted by Crippen LogP contribution is 2.58. The monoisotopic (exact) mass is 572 g/mol. The Morgan fingerprint density at radius 3 is 1.73 bits per heavy atom. The molecule has 8 aromatic rings. The molecule has 0 unspecified atom stereocenters. The van der Waals surface area contributed by atoms with E-state index in [1.54, 1.807) is 0 Å². The zero-order valence-corrected chi connectivity index (χ0v) is 24.6. The van der Waals surface area contributed by atoms with Gasteiger partial charge in [-0.25, -0.2) is 9.97 Å². The van der Waals surface area contributed by atoms with Gasteiger partial charge in [-0.2, -0.15) is 0 Å². The number of aromatic nitrogens is 2. The maximum atomic E-state index is 5.24. The summed E-state index contributed by atoms with van der Waals surface area (Å²) in [6, 6.07) is 60.8. The summed E-state index contributed by atoms with van der Waals surface area (Å²) in [5.74, 6) is 0.738. The van der Waals surface area contributed by atoms with E-state index < -0.39 is 5.41 Å². The van der Waals surface area contributed by atoms with E-state index in [0.29, 0.717) is 0 Å². The molecular formula is C43H28N2. The van der Waals surface area contributed by atoms with Crippen LogP contribution in [-0.4, -0.2) is 9.97 Å². The van der Waals surface area contributed by atoms with E-state index in [2.05, 4.69) is 158 Å². The molecule has 0 atom stereocenters. The van der Waals surface area contributed by atoms with Crippen LogP contribution in [0.1, 0.15) is 22.3 Å². The van der Waals surface area contributed by atoms with Gasteiger partial charge in [-0.15, -0.1) is 0 Å². The van der Waals surface area contributed by atoms with Crippen molar-refractivity contribution in [1.82, 2.24) is 9.97 Å². The average molecular weight is 573 g/mol. The maximum Gasteiger partial charge on any atom is 0.161 e. The lowest BCUT2D eigenvalue weighted by atomic mass is 9.67. The second-order valence-electron chi connectivity index (χ2n) is 11.7. The van der Waals surface area contributed by atoms with Crippen molar-refractivity contribution in [2.75, 3.05) is 0 Å². The molecule has 0 amide bonds. The SMILES string of the molecule is c1ccc(-c2nc(-c3cccc4c5c(ccc34)C(c3ccccc3)(c3ccccc3)c3ccccc3-5)nc3ccccc23)cc1. The minimum Gasteiger partial charge on any atom is -0.228 e. The van der Waals surface area contributed by atoms with Gasteiger partial charge >= 0.3 is 0 Å². The first-order chi connectivity index (χ1) is 22.3. The van der Waals surface area contributed by atoms with E-state index in [-0.39, 0.29) is 0 Å². The van der Waals surface area contributed by atoms with Crippen molar-refractivity contribution in [3.63, 3.8) is 0 Å². The highest BCUT2D eigenvalue weighted by atomic mass is 14.9. The molecule has 1 heterocycles. The van der Waals surface area contributed by atoms with Crippen molar-refractivity contribution in [2.24, 2.45) is 0 Å². The van der Waals surface area contributed by atoms with Crippen molar-refractivity contribution in [3.05, 3.63) is 192 Å². The topological polar surface area (TPSA) is 25.8 Å². The lowest BCUT2D eigenvalue weighted by Gasteiger charge is -2.34. The summed E-state index contributed by atoms with van der Waals surface area (Å²) in [5, 5.41) is 3.42. The highest BCUT2D eigenvalue weighted by Gasteiger charge is 2.46. The molecule has 0 spiro atoms. The fourth-order valence-corrected chi connectivity index (χ4v) is 7.51. The van der Waals surface area contributed by atoms with Gasteiger partial charge in [0.15, 0.2) is 5.82 Å². The smallest absolute Gasteiger partial charge is 0.161 e. The molecule has 210 valence electrons. The van der Waals surface area contributed by atoms with E-state index in [9.17, 15) is 0 Å². The Morgan fingerprint density at radius 2 is 0.978 bits per heavy atom. The molecule has 9 rings (SSSR count). The zero-order chi connectivity index (χ0) is 29.8. The molecule has 0 saturated heterocycles. The van der Waals surface area contributed by atoms with E-state index in [1.165, 1.54) is 38.8 Å². The Morgan fingerprint density at radius 1 is 0.378 bits per heavy atom. The number of nitrogens with zero attached hydrogens (tertiary/aromatic N) is 2. The third-order valence-corrected chi connectivity index (χ3v) is 9.37. The third kappa shape index (κ3) is 3.76. The summed E-state index contributed by atoms with van der Waals surface area (Å²) < 4.78 is 0. The molecular weight excluding hydrogens is 544 g/mol. The zero-order valence-electron chi connectivity index (χ0n) is 24.6. The van der Waals surface area contributed by atoms with Crippen LogP contribution in [0.4, 0.5) is 0 Å². The normalized spacial score (nSPS) is 13.1. The Labute approximate surface area is 262 Å². The number of benzene rings is 7. The van der Waals surface area contributed by atoms with Crippen molar-refractivity contribution >= 4 is 21.7 Å². The van der Waals surface area contributed by atoms with E-state index in [4.69, 9.17) is 9.97 Å². The first-order valence-corrected chi connectivity index (χ1v) is 15.4. The standard InChI is InChI=1S/C43H28N2/c1-4-15-29(16-5-1)41-36-22-11-13-26-39(36)44-42(45-41)34-24-14-23-33-32(34)27-28-38-40(33)35-21-10-12-25-37(35)43(38,30-17-6-2-7-18-30)31-19-8-3-9-20-31/h1-28H. The van der Waals surface area contributed by atoms with E-state index in [1.807, 2.05) is 12.1 Å². The molecule has 1 aromatic heterocycles. The number of hydrogen-bond acceptors (Lipinski definition) is 2. The summed E-state index contributed by atoms with van der Waals surface area (Å²) >= 11 is 0. The first-order valence-electron chi connectivity index (χ1n) is 15.4. The Bertz CT molecular complexity index is 2320. The molecule has 1 aliphatic carbocycles. The van der Waals surface area contributed by atoms with Crippen LogP contribution in [-0.2, 0) is 5.41 Å². The van der Waals surface area contributed by atoms with Crippen molar-refractivity contribution in [1.29, 1.82) is 0 Å². The number of para-hydroxylation sites is 1. The first kappa shape index (κ1) is 25.6. The summed E-state index contributed by atoms with van der Waals surface area (Å²) in [6.45, 7) is 0. The van der Waals surface area contributed by atoms with Crippen LogP contribution in [0.3, 0.4) is 0 Å². The van der Waals surface area contributed by atoms with Gasteiger partial charge in [-0.1, -0.05) is 164 Å². The number of rotatable bonds is 4. The fraction of sp³-hybridized carbons (Fsp3) is 0.0233. The van der Waals surface area contributed by atoms with Gasteiger partial charge in [0.2, 0.25) is 0 Å². The Balaban J connectivity index is 1.35. The van der Waals surface area contributed by atoms with Gasteiger partial charge in [0.05, 0.1) is 16.6 Å². The van der Waals surface area contributed by atoms with Gasteiger partial charge < -0.3 is 0 Å². The van der Waals surface area contributed by atoms with Gasteiger partial charge in [0.1, 0.15) is 0 Å². The average Bonchev–Trinajstić information content (AvgIpc) is 3.43. The summed E-state index contributed by atoms with van der Waals surface area (Å²) in [6.07, 6.45) is 0. The van der Waals surface area contributed by atoms with E-state index >= 15 is 0 Å². The second-order valence-corrected chi connectivity index (χ2v) is 11.7. The van der Waals surface area contributed by atoms with Crippen LogP contribution in [0.25, 0.3) is 55.4 Å². The summed E-state index contributed by atoms with van der Waals surface area (Å²) in [7, 11) is 0. The molecule has 0 fully saturated rings. The largest absolute Gasteiger partial charge is 0.228 e. The van der Waals surface area contributed by atoms with Crippen LogP contribution < -0.4 is 0 Å². The van der Waals surface area contributed by atoms with Crippen molar-refractivity contribution < 1.29 is 0 Å². The van der Waals surface area contributed by atoms with Gasteiger partial charge in [0, 0.05) is 16.5 Å². The minimum atomic E-state index is -0.432. The molecule has 2 nitrogen and oxygen atoms in total. The number of hydrogen-bond donors (Lipinski definition) is 0. The molecule has 7 aromatic carbocycles. The summed E-state index contributed by atoms with van der Waals surface area (Å²) in [5.41, 5.74) is 11.3. The number of fused-ring (bicyclic) bond motifs is 6. The molecule has 45 heavy (non-hydrogen) atoms. The molecule has 0 saturated carbocycles. The molecule has 1 aliphatic rings. The predicted octanol–water partition coefficient (Wildman–Crippen LogP) is 10.5. The van der Waals surface area contributed by atoms with Crippen LogP contribution in [0.5, 0.6) is 0 Å². The van der Waals surface area contributed by atoms with Gasteiger partial charge in [-0.05, 0) is 50.2 Å². The third-order valence-electron chi connectivity index (χ3n) is 9.37. The van der Waals surface area contributed by atoms with Crippen LogP contribution in [0, 0.1) is 0 Å². The Kier molecular flexibility index (Phi) is 5.76. The van der Waals surface area contributed by atoms with E-state index in [0.717, 1.165) is 38.9 Å². The summed E-state index contributed by atoms with van der Waals surface area (Å²) in [4.78, 5) is 10.4. The van der Waals surface area contributed by atoms with Crippen LogP contribution in [0.2, 0.25) is 0 Å². The quantitative estimate of drug-likeness (QED) is 0.210. The molecule has 2 heteroatoms. The van der Waals surface area contributed by atoms with Crippen molar-refractivity contribution in [2.45, 2.75) is 5.41 Å². The molecule has 0 radical (unpaired) electrons.